The highest BCUT2D eigenvalue weighted by molar-refractivity contribution is 6.31. The predicted molar refractivity (Wildman–Crippen MR) is 63.3 cm³/mol. The monoisotopic (exact) mass is 244 g/mol. The van der Waals surface area contributed by atoms with Crippen molar-refractivity contribution in [3.8, 4) is 0 Å². The van der Waals surface area contributed by atoms with Crippen LogP contribution in [0.25, 0.3) is 0 Å². The van der Waals surface area contributed by atoms with Crippen molar-refractivity contribution in [3.63, 3.8) is 0 Å². The van der Waals surface area contributed by atoms with Crippen LogP contribution in [0, 0.1) is 5.82 Å². The van der Waals surface area contributed by atoms with E-state index >= 15 is 0 Å². The lowest BCUT2D eigenvalue weighted by molar-refractivity contribution is 0.185. The molecule has 1 saturated heterocycles. The molecular formula is C11H14ClFN2O. The topological polar surface area (TPSA) is 47.3 Å². The Morgan fingerprint density at radius 3 is 2.94 bits per heavy atom. The summed E-state index contributed by atoms with van der Waals surface area (Å²) in [6.45, 7) is 3.37. The molecule has 1 aliphatic heterocycles. The molecule has 1 heterocycles. The summed E-state index contributed by atoms with van der Waals surface area (Å²) >= 11 is 5.71. The summed E-state index contributed by atoms with van der Waals surface area (Å²) < 4.78 is 18.4. The van der Waals surface area contributed by atoms with Crippen LogP contribution in [-0.2, 0) is 4.74 Å². The molecule has 2 rings (SSSR count). The molecule has 1 atom stereocenters. The van der Waals surface area contributed by atoms with Crippen LogP contribution in [0.4, 0.5) is 15.8 Å². The van der Waals surface area contributed by atoms with Crippen LogP contribution in [-0.4, -0.2) is 18.8 Å². The van der Waals surface area contributed by atoms with E-state index in [9.17, 15) is 4.39 Å². The Labute approximate surface area is 98.7 Å². The molecule has 1 aliphatic rings. The first-order valence-electron chi connectivity index (χ1n) is 5.11. The molecule has 3 nitrogen and oxygen atoms in total. The largest absolute Gasteiger partial charge is 0.397 e. The van der Waals surface area contributed by atoms with Crippen LogP contribution >= 0.6 is 11.6 Å². The minimum absolute atomic E-state index is 0.0687. The number of halogens is 2. The third-order valence-corrected chi connectivity index (χ3v) is 3.04. The molecular weight excluding hydrogens is 231 g/mol. The number of benzene rings is 1. The Morgan fingerprint density at radius 2 is 2.31 bits per heavy atom. The lowest BCUT2D eigenvalue weighted by atomic mass is 10.0. The first-order chi connectivity index (χ1) is 7.50. The van der Waals surface area contributed by atoms with Crippen molar-refractivity contribution in [3.05, 3.63) is 23.0 Å². The second-order valence-electron chi connectivity index (χ2n) is 4.34. The van der Waals surface area contributed by atoms with Crippen LogP contribution in [0.3, 0.4) is 0 Å². The maximum atomic E-state index is 13.1. The summed E-state index contributed by atoms with van der Waals surface area (Å²) in [7, 11) is 0. The fraction of sp³-hybridized carbons (Fsp3) is 0.455. The smallest absolute Gasteiger partial charge is 0.143 e. The van der Waals surface area contributed by atoms with Gasteiger partial charge in [-0.2, -0.15) is 0 Å². The van der Waals surface area contributed by atoms with Crippen LogP contribution in [0.15, 0.2) is 12.1 Å². The van der Waals surface area contributed by atoms with E-state index < -0.39 is 5.82 Å². The highest BCUT2D eigenvalue weighted by atomic mass is 35.5. The first-order valence-corrected chi connectivity index (χ1v) is 5.48. The zero-order chi connectivity index (χ0) is 11.8. The Kier molecular flexibility index (Phi) is 2.95. The van der Waals surface area contributed by atoms with Gasteiger partial charge in [-0.25, -0.2) is 4.39 Å². The van der Waals surface area contributed by atoms with Gasteiger partial charge in [0.25, 0.3) is 0 Å². The predicted octanol–water partition coefficient (Wildman–Crippen LogP) is 2.65. The average Bonchev–Trinajstić information content (AvgIpc) is 2.62. The molecule has 1 unspecified atom stereocenters. The second kappa shape index (κ2) is 4.11. The van der Waals surface area contributed by atoms with E-state index in [-0.39, 0.29) is 10.6 Å². The van der Waals surface area contributed by atoms with Gasteiger partial charge in [-0.05, 0) is 19.4 Å². The van der Waals surface area contributed by atoms with Crippen LogP contribution in [0.5, 0.6) is 0 Å². The van der Waals surface area contributed by atoms with Gasteiger partial charge in [-0.15, -0.1) is 0 Å². The van der Waals surface area contributed by atoms with E-state index in [0.717, 1.165) is 13.0 Å². The van der Waals surface area contributed by atoms with Gasteiger partial charge in [0, 0.05) is 12.7 Å². The van der Waals surface area contributed by atoms with Crippen LogP contribution in [0.2, 0.25) is 5.02 Å². The van der Waals surface area contributed by atoms with Crippen LogP contribution < -0.4 is 11.1 Å². The average molecular weight is 245 g/mol. The van der Waals surface area contributed by atoms with Gasteiger partial charge in [0.15, 0.2) is 0 Å². The summed E-state index contributed by atoms with van der Waals surface area (Å²) in [4.78, 5) is 0. The summed E-state index contributed by atoms with van der Waals surface area (Å²) in [5.74, 6) is -0.502. The van der Waals surface area contributed by atoms with Gasteiger partial charge in [-0.3, -0.25) is 0 Å². The Bertz CT molecular complexity index is 405. The maximum absolute atomic E-state index is 13.1. The molecule has 0 aromatic heterocycles. The van der Waals surface area contributed by atoms with E-state index in [1.165, 1.54) is 12.1 Å². The Hall–Kier alpha value is -1.00. The van der Waals surface area contributed by atoms with E-state index in [0.29, 0.717) is 18.0 Å². The minimum atomic E-state index is -0.502. The van der Waals surface area contributed by atoms with Gasteiger partial charge in [0.05, 0.1) is 28.5 Å². The molecule has 16 heavy (non-hydrogen) atoms. The molecule has 0 bridgehead atoms. The van der Waals surface area contributed by atoms with Crippen molar-refractivity contribution in [1.29, 1.82) is 0 Å². The molecule has 1 aromatic rings. The molecule has 88 valence electrons. The van der Waals surface area contributed by atoms with E-state index in [2.05, 4.69) is 5.32 Å². The molecule has 1 fully saturated rings. The second-order valence-corrected chi connectivity index (χ2v) is 4.75. The highest BCUT2D eigenvalue weighted by Crippen LogP contribution is 2.31. The number of nitrogens with one attached hydrogen (secondary N) is 1. The number of nitrogen functional groups attached to an aromatic ring is 1. The molecule has 0 aliphatic carbocycles. The molecule has 0 saturated carbocycles. The maximum Gasteiger partial charge on any atom is 0.143 e. The van der Waals surface area contributed by atoms with Crippen LogP contribution in [0.1, 0.15) is 13.3 Å². The molecule has 0 spiro atoms. The van der Waals surface area contributed by atoms with E-state index in [1.54, 1.807) is 0 Å². The minimum Gasteiger partial charge on any atom is -0.397 e. The SMILES string of the molecule is CC1(Nc2cc(Cl)c(F)cc2N)CCOC1. The van der Waals surface area contributed by atoms with Gasteiger partial charge >= 0.3 is 0 Å². The third-order valence-electron chi connectivity index (χ3n) is 2.75. The quantitative estimate of drug-likeness (QED) is 0.787. The number of ether oxygens (including phenoxy) is 1. The lowest BCUT2D eigenvalue weighted by Gasteiger charge is -2.26. The summed E-state index contributed by atoms with van der Waals surface area (Å²) in [6.07, 6.45) is 0.890. The number of hydrogen-bond acceptors (Lipinski definition) is 3. The van der Waals surface area contributed by atoms with Crippen molar-refractivity contribution in [2.24, 2.45) is 0 Å². The third kappa shape index (κ3) is 2.23. The first kappa shape index (κ1) is 11.5. The number of nitrogens with two attached hydrogens (primary N) is 1. The normalized spacial score (nSPS) is 24.7. The zero-order valence-electron chi connectivity index (χ0n) is 9.02. The number of hydrogen-bond donors (Lipinski definition) is 2. The molecule has 5 heteroatoms. The zero-order valence-corrected chi connectivity index (χ0v) is 9.77. The van der Waals surface area contributed by atoms with Crippen molar-refractivity contribution < 1.29 is 9.13 Å². The Balaban J connectivity index is 2.24. The van der Waals surface area contributed by atoms with Crippen molar-refractivity contribution in [1.82, 2.24) is 0 Å². The van der Waals surface area contributed by atoms with Gasteiger partial charge in [-0.1, -0.05) is 11.6 Å². The van der Waals surface area contributed by atoms with E-state index in [1.807, 2.05) is 6.92 Å². The summed E-state index contributed by atoms with van der Waals surface area (Å²) in [5, 5.41) is 3.32. The fourth-order valence-electron chi connectivity index (χ4n) is 1.76. The molecule has 1 aromatic carbocycles. The van der Waals surface area contributed by atoms with E-state index in [4.69, 9.17) is 22.1 Å². The lowest BCUT2D eigenvalue weighted by Crippen LogP contribution is -2.35. The van der Waals surface area contributed by atoms with Gasteiger partial charge < -0.3 is 15.8 Å². The van der Waals surface area contributed by atoms with Crippen molar-refractivity contribution in [2.75, 3.05) is 24.3 Å². The summed E-state index contributed by atoms with van der Waals surface area (Å²) in [5.41, 5.74) is 6.58. The van der Waals surface area contributed by atoms with Crippen molar-refractivity contribution >= 4 is 23.0 Å². The number of rotatable bonds is 2. The van der Waals surface area contributed by atoms with Gasteiger partial charge in [0.2, 0.25) is 0 Å². The van der Waals surface area contributed by atoms with Crippen molar-refractivity contribution in [2.45, 2.75) is 18.9 Å². The standard InChI is InChI=1S/C11H14ClFN2O/c1-11(2-3-16-6-11)15-10-4-7(12)8(13)5-9(10)14/h4-5,15H,2-3,6,14H2,1H3. The Morgan fingerprint density at radius 1 is 1.56 bits per heavy atom. The summed E-state index contributed by atoms with van der Waals surface area (Å²) in [6, 6.07) is 2.74. The number of anilines is 2. The highest BCUT2D eigenvalue weighted by Gasteiger charge is 2.30. The van der Waals surface area contributed by atoms with Gasteiger partial charge in [0.1, 0.15) is 5.82 Å². The molecule has 3 N–H and O–H groups in total. The fourth-order valence-corrected chi connectivity index (χ4v) is 1.92. The molecule has 0 amide bonds. The molecule has 0 radical (unpaired) electrons.